The number of carboxylic acids is 1. The van der Waals surface area contributed by atoms with Gasteiger partial charge in [0.25, 0.3) is 0 Å². The fourth-order valence-corrected chi connectivity index (χ4v) is 3.74. The maximum atomic E-state index is 12.2. The number of aliphatic carboxylic acids is 1. The summed E-state index contributed by atoms with van der Waals surface area (Å²) in [5.41, 5.74) is 0. The van der Waals surface area contributed by atoms with E-state index < -0.39 is 16.8 Å². The number of rotatable bonds is 4. The summed E-state index contributed by atoms with van der Waals surface area (Å²) in [5.74, 6) is -0.253. The average molecular weight is 295 g/mol. The van der Waals surface area contributed by atoms with Crippen molar-refractivity contribution < 1.29 is 14.7 Å². The molecule has 4 nitrogen and oxygen atoms in total. The van der Waals surface area contributed by atoms with Crippen molar-refractivity contribution in [3.63, 3.8) is 0 Å². The lowest BCUT2D eigenvalue weighted by molar-refractivity contribution is -0.150. The van der Waals surface area contributed by atoms with Gasteiger partial charge < -0.3 is 10.0 Å². The van der Waals surface area contributed by atoms with Gasteiger partial charge in [-0.15, -0.1) is 11.8 Å². The second-order valence-corrected chi connectivity index (χ2v) is 6.82. The van der Waals surface area contributed by atoms with Gasteiger partial charge in [0.15, 0.2) is 0 Å². The zero-order chi connectivity index (χ0) is 13.2. The third-order valence-corrected chi connectivity index (χ3v) is 5.11. The van der Waals surface area contributed by atoms with Crippen LogP contribution in [0.15, 0.2) is 0 Å². The largest absolute Gasteiger partial charge is 0.480 e. The van der Waals surface area contributed by atoms with Crippen molar-refractivity contribution in [2.75, 3.05) is 17.4 Å². The topological polar surface area (TPSA) is 57.6 Å². The molecule has 0 saturated carbocycles. The molecular formula is C10H17NO3S3. The standard InChI is InChI=1S/C10H17NO3S3/c1-10(2)7(9(13)14)11(5-17-10)8(12)6(3-15)4-16/h6-7,15-16H,3-5H2,1-2H3,(H,13,14). The van der Waals surface area contributed by atoms with Crippen molar-refractivity contribution in [1.82, 2.24) is 4.90 Å². The van der Waals surface area contributed by atoms with Crippen LogP contribution in [0.25, 0.3) is 0 Å². The number of carbonyl (C=O) groups excluding carboxylic acids is 1. The molecule has 1 rings (SSSR count). The van der Waals surface area contributed by atoms with Crippen molar-refractivity contribution in [2.45, 2.75) is 24.6 Å². The molecule has 98 valence electrons. The van der Waals surface area contributed by atoms with Crippen molar-refractivity contribution in [2.24, 2.45) is 5.92 Å². The number of thioether (sulfide) groups is 1. The predicted octanol–water partition coefficient (Wildman–Crippen LogP) is 1.23. The summed E-state index contributed by atoms with van der Waals surface area (Å²) in [5, 5.41) is 9.25. The van der Waals surface area contributed by atoms with Gasteiger partial charge in [0.1, 0.15) is 6.04 Å². The maximum Gasteiger partial charge on any atom is 0.327 e. The Morgan fingerprint density at radius 3 is 2.41 bits per heavy atom. The molecule has 0 aliphatic carbocycles. The third kappa shape index (κ3) is 3.06. The summed E-state index contributed by atoms with van der Waals surface area (Å²) in [7, 11) is 0. The van der Waals surface area contributed by atoms with Gasteiger partial charge in [-0.3, -0.25) is 4.79 Å². The molecule has 0 aromatic carbocycles. The molecule has 17 heavy (non-hydrogen) atoms. The van der Waals surface area contributed by atoms with E-state index in [9.17, 15) is 14.7 Å². The average Bonchev–Trinajstić information content (AvgIpc) is 2.55. The van der Waals surface area contributed by atoms with Gasteiger partial charge in [0.05, 0.1) is 11.8 Å². The van der Waals surface area contributed by atoms with Gasteiger partial charge in [0, 0.05) is 16.3 Å². The highest BCUT2D eigenvalue weighted by atomic mass is 32.2. The van der Waals surface area contributed by atoms with E-state index in [4.69, 9.17) is 0 Å². The van der Waals surface area contributed by atoms with E-state index in [2.05, 4.69) is 25.3 Å². The zero-order valence-corrected chi connectivity index (χ0v) is 12.4. The van der Waals surface area contributed by atoms with Gasteiger partial charge in [-0.25, -0.2) is 4.79 Å². The lowest BCUT2D eigenvalue weighted by atomic mass is 10.0. The minimum atomic E-state index is -0.953. The third-order valence-electron chi connectivity index (χ3n) is 2.85. The minimum absolute atomic E-state index is 0.166. The van der Waals surface area contributed by atoms with Crippen LogP contribution in [0, 0.1) is 5.92 Å². The minimum Gasteiger partial charge on any atom is -0.480 e. The van der Waals surface area contributed by atoms with Crippen molar-refractivity contribution >= 4 is 48.9 Å². The quantitative estimate of drug-likeness (QED) is 0.683. The first-order valence-corrected chi connectivity index (χ1v) is 7.49. The van der Waals surface area contributed by atoms with Crippen LogP contribution in [0.5, 0.6) is 0 Å². The Morgan fingerprint density at radius 2 is 2.00 bits per heavy atom. The molecule has 0 bridgehead atoms. The van der Waals surface area contributed by atoms with E-state index in [0.29, 0.717) is 17.4 Å². The predicted molar refractivity (Wildman–Crippen MR) is 76.0 cm³/mol. The summed E-state index contributed by atoms with van der Waals surface area (Å²) < 4.78 is -0.459. The van der Waals surface area contributed by atoms with Crippen LogP contribution < -0.4 is 0 Å². The maximum absolute atomic E-state index is 12.2. The van der Waals surface area contributed by atoms with E-state index in [0.717, 1.165) is 0 Å². The number of thiol groups is 2. The fraction of sp³-hybridized carbons (Fsp3) is 0.800. The Bertz CT molecular complexity index is 318. The first kappa shape index (κ1) is 15.0. The molecule has 0 spiro atoms. The molecule has 7 heteroatoms. The Labute approximate surface area is 116 Å². The molecule has 0 aromatic heterocycles. The molecule has 0 radical (unpaired) electrons. The molecule has 1 amide bonds. The Morgan fingerprint density at radius 1 is 1.47 bits per heavy atom. The number of hydrogen-bond acceptors (Lipinski definition) is 5. The Kier molecular flexibility index (Phi) is 5.09. The van der Waals surface area contributed by atoms with Gasteiger partial charge in [0.2, 0.25) is 5.91 Å². The van der Waals surface area contributed by atoms with Crippen LogP contribution in [0.2, 0.25) is 0 Å². The van der Waals surface area contributed by atoms with Crippen molar-refractivity contribution in [3.05, 3.63) is 0 Å². The SMILES string of the molecule is CC1(C)SCN(C(=O)C(CS)CS)C1C(=O)O. The van der Waals surface area contributed by atoms with Crippen LogP contribution in [0.4, 0.5) is 0 Å². The molecule has 1 atom stereocenters. The lowest BCUT2D eigenvalue weighted by Gasteiger charge is -2.29. The van der Waals surface area contributed by atoms with Gasteiger partial charge in [-0.1, -0.05) is 0 Å². The normalized spacial score (nSPS) is 23.1. The summed E-state index contributed by atoms with van der Waals surface area (Å²) >= 11 is 9.69. The van der Waals surface area contributed by atoms with Crippen LogP contribution in [-0.2, 0) is 9.59 Å². The second-order valence-electron chi connectivity index (χ2n) is 4.49. The highest BCUT2D eigenvalue weighted by molar-refractivity contribution is 8.00. The molecule has 1 aliphatic heterocycles. The molecule has 1 heterocycles. The lowest BCUT2D eigenvalue weighted by Crippen LogP contribution is -2.50. The highest BCUT2D eigenvalue weighted by Crippen LogP contribution is 2.40. The number of amides is 1. The Balaban J connectivity index is 2.91. The molecule has 1 unspecified atom stereocenters. The first-order chi connectivity index (χ1) is 7.85. The van der Waals surface area contributed by atoms with Crippen LogP contribution in [0.1, 0.15) is 13.8 Å². The van der Waals surface area contributed by atoms with Gasteiger partial charge in [-0.2, -0.15) is 25.3 Å². The van der Waals surface area contributed by atoms with E-state index in [1.54, 1.807) is 0 Å². The zero-order valence-electron chi connectivity index (χ0n) is 9.79. The number of nitrogens with zero attached hydrogens (tertiary/aromatic N) is 1. The Hall–Kier alpha value is -0.0100. The van der Waals surface area contributed by atoms with Gasteiger partial charge >= 0.3 is 5.97 Å². The van der Waals surface area contributed by atoms with Crippen LogP contribution in [0.3, 0.4) is 0 Å². The summed E-state index contributed by atoms with van der Waals surface area (Å²) in [4.78, 5) is 24.9. The number of carbonyl (C=O) groups is 2. The molecule has 0 aromatic rings. The second kappa shape index (κ2) is 5.75. The van der Waals surface area contributed by atoms with E-state index in [1.165, 1.54) is 16.7 Å². The van der Waals surface area contributed by atoms with E-state index in [-0.39, 0.29) is 11.8 Å². The van der Waals surface area contributed by atoms with Crippen molar-refractivity contribution in [1.29, 1.82) is 0 Å². The highest BCUT2D eigenvalue weighted by Gasteiger charge is 2.48. The van der Waals surface area contributed by atoms with Crippen LogP contribution >= 0.6 is 37.0 Å². The summed E-state index contributed by atoms with van der Waals surface area (Å²) in [6.07, 6.45) is 0. The smallest absolute Gasteiger partial charge is 0.327 e. The molecule has 1 fully saturated rings. The number of hydrogen-bond donors (Lipinski definition) is 3. The summed E-state index contributed by atoms with van der Waals surface area (Å²) in [6, 6.07) is -0.776. The van der Waals surface area contributed by atoms with Crippen molar-refractivity contribution in [3.8, 4) is 0 Å². The fourth-order valence-electron chi connectivity index (χ4n) is 1.83. The monoisotopic (exact) mass is 295 g/mol. The molecule has 1 aliphatic rings. The van der Waals surface area contributed by atoms with Gasteiger partial charge in [-0.05, 0) is 13.8 Å². The molecule has 1 saturated heterocycles. The first-order valence-electron chi connectivity index (χ1n) is 5.24. The molecule has 1 N–H and O–H groups in total. The summed E-state index contributed by atoms with van der Waals surface area (Å²) in [6.45, 7) is 3.69. The van der Waals surface area contributed by atoms with E-state index >= 15 is 0 Å². The van der Waals surface area contributed by atoms with Crippen LogP contribution in [-0.4, -0.2) is 50.1 Å². The van der Waals surface area contributed by atoms with E-state index in [1.807, 2.05) is 13.8 Å². The number of carboxylic acid groups (broad SMARTS) is 1. The molecular weight excluding hydrogens is 278 g/mol.